The van der Waals surface area contributed by atoms with Gasteiger partial charge in [0.1, 0.15) is 11.9 Å². The molecule has 2 aliphatic rings. The highest BCUT2D eigenvalue weighted by atomic mass is 35.5. The van der Waals surface area contributed by atoms with Crippen LogP contribution in [-0.2, 0) is 27.4 Å². The fourth-order valence-electron chi connectivity index (χ4n) is 5.08. The Labute approximate surface area is 227 Å². The molecule has 0 N–H and O–H groups in total. The number of halogens is 1. The third kappa shape index (κ3) is 5.45. The number of benzene rings is 3. The van der Waals surface area contributed by atoms with Gasteiger partial charge in [0.2, 0.25) is 5.78 Å². The Morgan fingerprint density at radius 1 is 0.895 bits per heavy atom. The van der Waals surface area contributed by atoms with Crippen LogP contribution in [0.2, 0.25) is 0 Å². The molecule has 1 heterocycles. The molecule has 196 valence electrons. The molecule has 1 fully saturated rings. The van der Waals surface area contributed by atoms with Gasteiger partial charge in [-0.2, -0.15) is 0 Å². The third-order valence-corrected chi connectivity index (χ3v) is 7.23. The molecule has 0 amide bonds. The topological polar surface area (TPSA) is 71.1 Å². The molecule has 1 aliphatic heterocycles. The zero-order chi connectivity index (χ0) is 26.6. The summed E-state index contributed by atoms with van der Waals surface area (Å²) in [5.41, 5.74) is 3.24. The number of hydrogen-bond acceptors (Lipinski definition) is 6. The Hall–Kier alpha value is -3.29. The quantitative estimate of drug-likeness (QED) is 0.343. The number of carbonyl (C=O) groups is 2. The fourth-order valence-corrected chi connectivity index (χ4v) is 5.28. The zero-order valence-corrected chi connectivity index (χ0v) is 22.0. The largest absolute Gasteiger partial charge is 0.496 e. The molecule has 0 unspecified atom stereocenters. The van der Waals surface area contributed by atoms with Gasteiger partial charge in [0.15, 0.2) is 5.78 Å². The number of ketones is 2. The van der Waals surface area contributed by atoms with Crippen molar-refractivity contribution in [1.29, 1.82) is 0 Å². The summed E-state index contributed by atoms with van der Waals surface area (Å²) >= 11 is 5.98. The maximum atomic E-state index is 12.8. The minimum Gasteiger partial charge on any atom is -0.496 e. The first kappa shape index (κ1) is 26.3. The number of carbonyl (C=O) groups excluding carboxylic acids is 2. The number of Topliss-reactive ketones (excluding diaryl/α,β-unsaturated/α-hetero) is 1. The maximum Gasteiger partial charge on any atom is 0.205 e. The molecule has 5 rings (SSSR count). The van der Waals surface area contributed by atoms with E-state index in [2.05, 4.69) is 0 Å². The van der Waals surface area contributed by atoms with Gasteiger partial charge in [-0.25, -0.2) is 0 Å². The standard InChI is InChI=1S/C31H29ClO6/c1-19-30(37-18-21-11-7-4-8-12-21)27(36-17-20-9-5-3-6-10-20)16-26(38-19)22-13-14-23-28(31(22)35-2)25(33)15-24(32)29(23)34/h3-15,19,26-27,30H,16-18H2,1-2H3/t19-,26-,27-,30-/m1/s1. The molecule has 0 radical (unpaired) electrons. The molecule has 0 aromatic heterocycles. The monoisotopic (exact) mass is 532 g/mol. The number of hydrogen-bond donors (Lipinski definition) is 0. The SMILES string of the molecule is COc1c([C@H]2C[C@@H](OCc3ccccc3)[C@H](OCc3ccccc3)[C@@H](C)O2)ccc2c1C(=O)C=C(Cl)C2=O. The molecule has 38 heavy (non-hydrogen) atoms. The van der Waals surface area contributed by atoms with Crippen LogP contribution in [0.4, 0.5) is 0 Å². The Morgan fingerprint density at radius 3 is 2.16 bits per heavy atom. The molecule has 4 atom stereocenters. The average molecular weight is 533 g/mol. The van der Waals surface area contributed by atoms with Crippen LogP contribution in [0.25, 0.3) is 0 Å². The highest BCUT2D eigenvalue weighted by Crippen LogP contribution is 2.42. The van der Waals surface area contributed by atoms with Gasteiger partial charge in [-0.1, -0.05) is 78.3 Å². The maximum absolute atomic E-state index is 12.8. The van der Waals surface area contributed by atoms with E-state index in [0.717, 1.165) is 17.2 Å². The van der Waals surface area contributed by atoms with Crippen molar-refractivity contribution in [2.75, 3.05) is 7.11 Å². The van der Waals surface area contributed by atoms with Crippen molar-refractivity contribution in [3.63, 3.8) is 0 Å². The summed E-state index contributed by atoms with van der Waals surface area (Å²) in [6.45, 7) is 2.82. The second kappa shape index (κ2) is 11.6. The number of fused-ring (bicyclic) bond motifs is 1. The van der Waals surface area contributed by atoms with Crippen molar-refractivity contribution in [1.82, 2.24) is 0 Å². The molecule has 1 saturated heterocycles. The van der Waals surface area contributed by atoms with E-state index in [1.807, 2.05) is 67.6 Å². The summed E-state index contributed by atoms with van der Waals surface area (Å²) in [6, 6.07) is 23.3. The van der Waals surface area contributed by atoms with Crippen LogP contribution in [0.15, 0.2) is 83.9 Å². The van der Waals surface area contributed by atoms with Gasteiger partial charge < -0.3 is 18.9 Å². The first-order chi connectivity index (χ1) is 18.5. The van der Waals surface area contributed by atoms with E-state index < -0.39 is 11.9 Å². The average Bonchev–Trinajstić information content (AvgIpc) is 2.94. The second-order valence-electron chi connectivity index (χ2n) is 9.46. The van der Waals surface area contributed by atoms with Crippen LogP contribution in [0.3, 0.4) is 0 Å². The fraction of sp³-hybridized carbons (Fsp3) is 0.290. The molecule has 0 saturated carbocycles. The Balaban J connectivity index is 1.43. The molecular formula is C31H29ClO6. The van der Waals surface area contributed by atoms with Crippen molar-refractivity contribution in [2.24, 2.45) is 0 Å². The van der Waals surface area contributed by atoms with Gasteiger partial charge >= 0.3 is 0 Å². The highest BCUT2D eigenvalue weighted by Gasteiger charge is 2.41. The lowest BCUT2D eigenvalue weighted by Gasteiger charge is -2.41. The molecule has 1 aliphatic carbocycles. The predicted molar refractivity (Wildman–Crippen MR) is 144 cm³/mol. The molecule has 3 aromatic carbocycles. The van der Waals surface area contributed by atoms with Gasteiger partial charge in [0.05, 0.1) is 49.2 Å². The Kier molecular flexibility index (Phi) is 8.05. The van der Waals surface area contributed by atoms with Crippen LogP contribution >= 0.6 is 11.6 Å². The van der Waals surface area contributed by atoms with Crippen molar-refractivity contribution in [3.05, 3.63) is 112 Å². The van der Waals surface area contributed by atoms with E-state index in [-0.39, 0.29) is 40.3 Å². The normalized spacial score (nSPS) is 23.1. The van der Waals surface area contributed by atoms with E-state index in [1.54, 1.807) is 12.1 Å². The number of methoxy groups -OCH3 is 1. The summed E-state index contributed by atoms with van der Waals surface area (Å²) in [7, 11) is 1.48. The highest BCUT2D eigenvalue weighted by molar-refractivity contribution is 6.49. The minimum atomic E-state index is -0.438. The molecular weight excluding hydrogens is 504 g/mol. The van der Waals surface area contributed by atoms with Crippen LogP contribution in [0.5, 0.6) is 5.75 Å². The molecule has 0 bridgehead atoms. The Bertz CT molecular complexity index is 1340. The summed E-state index contributed by atoms with van der Waals surface area (Å²) in [5.74, 6) is -0.445. The molecule has 3 aromatic rings. The van der Waals surface area contributed by atoms with E-state index in [0.29, 0.717) is 30.9 Å². The summed E-state index contributed by atoms with van der Waals surface area (Å²) < 4.78 is 24.9. The lowest BCUT2D eigenvalue weighted by molar-refractivity contribution is -0.204. The summed E-state index contributed by atoms with van der Waals surface area (Å²) in [6.07, 6.45) is 0.258. The van der Waals surface area contributed by atoms with Crippen LogP contribution < -0.4 is 4.74 Å². The molecule has 0 spiro atoms. The number of ether oxygens (including phenoxy) is 4. The van der Waals surface area contributed by atoms with E-state index in [9.17, 15) is 9.59 Å². The van der Waals surface area contributed by atoms with Crippen LogP contribution in [0.1, 0.15) is 56.9 Å². The number of allylic oxidation sites excluding steroid dienone is 2. The lowest BCUT2D eigenvalue weighted by Crippen LogP contribution is -2.47. The predicted octanol–water partition coefficient (Wildman–Crippen LogP) is 6.22. The minimum absolute atomic E-state index is 0.104. The van der Waals surface area contributed by atoms with Gasteiger partial charge in [-0.3, -0.25) is 9.59 Å². The zero-order valence-electron chi connectivity index (χ0n) is 21.3. The molecule has 7 heteroatoms. The van der Waals surface area contributed by atoms with Crippen LogP contribution in [0, 0.1) is 0 Å². The van der Waals surface area contributed by atoms with E-state index >= 15 is 0 Å². The van der Waals surface area contributed by atoms with Gasteiger partial charge in [-0.05, 0) is 24.1 Å². The summed E-state index contributed by atoms with van der Waals surface area (Å²) in [5, 5.41) is -0.104. The van der Waals surface area contributed by atoms with Crippen molar-refractivity contribution in [3.8, 4) is 5.75 Å². The smallest absolute Gasteiger partial charge is 0.205 e. The first-order valence-electron chi connectivity index (χ1n) is 12.6. The first-order valence-corrected chi connectivity index (χ1v) is 13.0. The lowest BCUT2D eigenvalue weighted by atomic mass is 9.87. The summed E-state index contributed by atoms with van der Waals surface area (Å²) in [4.78, 5) is 25.4. The van der Waals surface area contributed by atoms with Crippen LogP contribution in [-0.4, -0.2) is 37.0 Å². The van der Waals surface area contributed by atoms with Gasteiger partial charge in [0.25, 0.3) is 0 Å². The number of rotatable bonds is 8. The van der Waals surface area contributed by atoms with Crippen molar-refractivity contribution in [2.45, 2.75) is 51.0 Å². The molecule has 6 nitrogen and oxygen atoms in total. The second-order valence-corrected chi connectivity index (χ2v) is 9.87. The Morgan fingerprint density at radius 2 is 1.53 bits per heavy atom. The van der Waals surface area contributed by atoms with E-state index in [4.69, 9.17) is 30.5 Å². The third-order valence-electron chi connectivity index (χ3n) is 6.95. The van der Waals surface area contributed by atoms with Crippen molar-refractivity contribution >= 4 is 23.2 Å². The van der Waals surface area contributed by atoms with Gasteiger partial charge in [0, 0.05) is 23.6 Å². The van der Waals surface area contributed by atoms with E-state index in [1.165, 1.54) is 7.11 Å². The van der Waals surface area contributed by atoms with Gasteiger partial charge in [-0.15, -0.1) is 0 Å². The van der Waals surface area contributed by atoms with Crippen molar-refractivity contribution < 1.29 is 28.5 Å².